The molecule has 2 aliphatic carbocycles. The molecular weight excluding hydrogens is 560 g/mol. The molecule has 3 rings (SSSR count). The van der Waals surface area contributed by atoms with Crippen LogP contribution in [0.2, 0.25) is 0 Å². The van der Waals surface area contributed by atoms with Crippen LogP contribution in [0, 0.1) is 10.8 Å². The predicted molar refractivity (Wildman–Crippen MR) is 104 cm³/mol. The fraction of sp³-hybridized carbons (Fsp3) is 0.867. The molecule has 23 heavy (non-hydrogen) atoms. The SMILES string of the molecule is C[C@@H]1CN(C(=O)[C@@]2(C)CC2(Br)Br)CCN1C(=O)[C@]1(C)CC1(Br)Br. The van der Waals surface area contributed by atoms with Crippen LogP contribution in [0.25, 0.3) is 0 Å². The Labute approximate surface area is 170 Å². The average Bonchev–Trinajstić information content (AvgIpc) is 3.17. The highest BCUT2D eigenvalue weighted by Crippen LogP contribution is 2.68. The predicted octanol–water partition coefficient (Wildman–Crippen LogP) is 3.84. The molecule has 0 spiro atoms. The molecule has 3 fully saturated rings. The van der Waals surface area contributed by atoms with Crippen LogP contribution < -0.4 is 0 Å². The molecule has 3 atom stereocenters. The Morgan fingerprint density at radius 1 is 0.913 bits per heavy atom. The van der Waals surface area contributed by atoms with Gasteiger partial charge in [-0.2, -0.15) is 0 Å². The van der Waals surface area contributed by atoms with Crippen LogP contribution in [0.4, 0.5) is 0 Å². The van der Waals surface area contributed by atoms with E-state index in [0.717, 1.165) is 12.8 Å². The molecule has 0 bridgehead atoms. The van der Waals surface area contributed by atoms with Crippen molar-refractivity contribution in [3.63, 3.8) is 0 Å². The third-order valence-corrected chi connectivity index (χ3v) is 10.3. The minimum atomic E-state index is -0.392. The monoisotopic (exact) mass is 576 g/mol. The van der Waals surface area contributed by atoms with Crippen molar-refractivity contribution < 1.29 is 9.59 Å². The number of rotatable bonds is 2. The first-order valence-electron chi connectivity index (χ1n) is 7.72. The van der Waals surface area contributed by atoms with E-state index in [-0.39, 0.29) is 29.7 Å². The summed E-state index contributed by atoms with van der Waals surface area (Å²) in [7, 11) is 0. The van der Waals surface area contributed by atoms with E-state index in [0.29, 0.717) is 19.6 Å². The number of carbonyl (C=O) groups is 2. The van der Waals surface area contributed by atoms with Gasteiger partial charge in [0, 0.05) is 25.7 Å². The molecule has 0 aromatic carbocycles. The lowest BCUT2D eigenvalue weighted by Crippen LogP contribution is -2.58. The summed E-state index contributed by atoms with van der Waals surface area (Å²) in [4.78, 5) is 29.5. The molecule has 130 valence electrons. The molecule has 1 aliphatic heterocycles. The molecule has 1 heterocycles. The fourth-order valence-corrected chi connectivity index (χ4v) is 6.29. The molecule has 0 radical (unpaired) electrons. The number of alkyl halides is 4. The van der Waals surface area contributed by atoms with Crippen LogP contribution in [0.5, 0.6) is 0 Å². The van der Waals surface area contributed by atoms with Gasteiger partial charge in [-0.25, -0.2) is 0 Å². The summed E-state index contributed by atoms with van der Waals surface area (Å²) in [5.41, 5.74) is -0.779. The second-order valence-corrected chi connectivity index (χ2v) is 15.1. The van der Waals surface area contributed by atoms with Gasteiger partial charge < -0.3 is 9.80 Å². The summed E-state index contributed by atoms with van der Waals surface area (Å²) in [5.74, 6) is 0.331. The number of hydrogen-bond acceptors (Lipinski definition) is 2. The van der Waals surface area contributed by atoms with Crippen molar-refractivity contribution in [2.75, 3.05) is 19.6 Å². The Hall–Kier alpha value is 0.860. The zero-order valence-electron chi connectivity index (χ0n) is 13.3. The van der Waals surface area contributed by atoms with Crippen molar-refractivity contribution in [2.24, 2.45) is 10.8 Å². The molecule has 3 aliphatic rings. The first-order valence-corrected chi connectivity index (χ1v) is 10.9. The maximum atomic E-state index is 12.8. The summed E-state index contributed by atoms with van der Waals surface area (Å²) in [6.45, 7) is 7.80. The largest absolute Gasteiger partial charge is 0.338 e. The van der Waals surface area contributed by atoms with E-state index in [4.69, 9.17) is 0 Å². The summed E-state index contributed by atoms with van der Waals surface area (Å²) in [6.07, 6.45) is 1.58. The summed E-state index contributed by atoms with van der Waals surface area (Å²) < 4.78 is -0.545. The van der Waals surface area contributed by atoms with Crippen molar-refractivity contribution in [3.05, 3.63) is 0 Å². The topological polar surface area (TPSA) is 40.6 Å². The van der Waals surface area contributed by atoms with Crippen LogP contribution in [0.15, 0.2) is 0 Å². The summed E-state index contributed by atoms with van der Waals surface area (Å²) in [6, 6.07) is 0.0378. The molecule has 4 nitrogen and oxygen atoms in total. The highest BCUT2D eigenvalue weighted by molar-refractivity contribution is 9.26. The Balaban J connectivity index is 1.65. The summed E-state index contributed by atoms with van der Waals surface area (Å²) >= 11 is 14.3. The first kappa shape index (κ1) is 18.6. The van der Waals surface area contributed by atoms with Gasteiger partial charge >= 0.3 is 0 Å². The molecule has 1 saturated heterocycles. The third-order valence-electron chi connectivity index (χ3n) is 5.64. The Morgan fingerprint density at radius 2 is 1.35 bits per heavy atom. The second-order valence-electron chi connectivity index (χ2n) is 7.53. The molecule has 2 amide bonds. The highest BCUT2D eigenvalue weighted by atomic mass is 79.9. The van der Waals surface area contributed by atoms with E-state index in [9.17, 15) is 9.59 Å². The average molecular weight is 580 g/mol. The number of nitrogens with zero attached hydrogens (tertiary/aromatic N) is 2. The zero-order valence-corrected chi connectivity index (χ0v) is 19.7. The highest BCUT2D eigenvalue weighted by Gasteiger charge is 2.69. The Morgan fingerprint density at radius 3 is 1.74 bits per heavy atom. The van der Waals surface area contributed by atoms with Gasteiger partial charge in [0.15, 0.2) is 0 Å². The minimum Gasteiger partial charge on any atom is -0.338 e. The van der Waals surface area contributed by atoms with Crippen molar-refractivity contribution in [1.29, 1.82) is 0 Å². The zero-order chi connectivity index (χ0) is 17.4. The van der Waals surface area contributed by atoms with Crippen molar-refractivity contribution in [3.8, 4) is 0 Å². The van der Waals surface area contributed by atoms with Crippen LogP contribution >= 0.6 is 63.7 Å². The maximum absolute atomic E-state index is 12.8. The quantitative estimate of drug-likeness (QED) is 0.467. The van der Waals surface area contributed by atoms with Gasteiger partial charge in [-0.15, -0.1) is 0 Å². The van der Waals surface area contributed by atoms with Crippen LogP contribution in [0.3, 0.4) is 0 Å². The van der Waals surface area contributed by atoms with E-state index in [1.807, 2.05) is 30.6 Å². The molecule has 2 saturated carbocycles. The number of piperazine rings is 1. The maximum Gasteiger partial charge on any atom is 0.231 e. The van der Waals surface area contributed by atoms with E-state index in [2.05, 4.69) is 63.7 Å². The fourth-order valence-electron chi connectivity index (χ4n) is 3.37. The van der Waals surface area contributed by atoms with Crippen molar-refractivity contribution in [2.45, 2.75) is 46.1 Å². The van der Waals surface area contributed by atoms with Gasteiger partial charge in [0.1, 0.15) is 0 Å². The molecule has 0 unspecified atom stereocenters. The number of halogens is 4. The van der Waals surface area contributed by atoms with E-state index in [1.54, 1.807) is 0 Å². The second kappa shape index (κ2) is 5.43. The Bertz CT molecular complexity index is 582. The smallest absolute Gasteiger partial charge is 0.231 e. The van der Waals surface area contributed by atoms with Gasteiger partial charge in [0.05, 0.1) is 17.3 Å². The van der Waals surface area contributed by atoms with Crippen LogP contribution in [0.1, 0.15) is 33.6 Å². The minimum absolute atomic E-state index is 0.0378. The van der Waals surface area contributed by atoms with E-state index in [1.165, 1.54) is 0 Å². The van der Waals surface area contributed by atoms with E-state index < -0.39 is 5.41 Å². The lowest BCUT2D eigenvalue weighted by molar-refractivity contribution is -0.148. The van der Waals surface area contributed by atoms with Gasteiger partial charge in [0.2, 0.25) is 11.8 Å². The van der Waals surface area contributed by atoms with Crippen LogP contribution in [-0.2, 0) is 9.59 Å². The molecular formula is C15H20Br4N2O2. The standard InChI is InChI=1S/C15H20Br4N2O2/c1-9-6-20(10(22)12(2)7-14(12,16)17)4-5-21(9)11(23)13(3)8-15(13,18)19/h9H,4-8H2,1-3H3/t9-,12-,13+/m1/s1. The number of amides is 2. The number of hydrogen-bond donors (Lipinski definition) is 0. The van der Waals surface area contributed by atoms with Gasteiger partial charge in [-0.1, -0.05) is 63.7 Å². The van der Waals surface area contributed by atoms with Crippen molar-refractivity contribution >= 4 is 75.5 Å². The molecule has 0 N–H and O–H groups in total. The first-order chi connectivity index (χ1) is 10.4. The molecule has 0 aromatic rings. The number of carbonyl (C=O) groups excluding carboxylic acids is 2. The van der Waals surface area contributed by atoms with Gasteiger partial charge in [-0.05, 0) is 33.6 Å². The molecule has 0 aromatic heterocycles. The Kier molecular flexibility index (Phi) is 4.40. The third kappa shape index (κ3) is 2.78. The normalized spacial score (nSPS) is 40.7. The van der Waals surface area contributed by atoms with Crippen LogP contribution in [-0.4, -0.2) is 53.8 Å². The lowest BCUT2D eigenvalue weighted by atomic mass is 10.0. The van der Waals surface area contributed by atoms with Gasteiger partial charge in [-0.3, -0.25) is 9.59 Å². The lowest BCUT2D eigenvalue weighted by Gasteiger charge is -2.42. The van der Waals surface area contributed by atoms with Crippen molar-refractivity contribution in [1.82, 2.24) is 9.80 Å². The summed E-state index contributed by atoms with van der Waals surface area (Å²) in [5, 5.41) is 0. The van der Waals surface area contributed by atoms with Gasteiger partial charge in [0.25, 0.3) is 0 Å². The van der Waals surface area contributed by atoms with E-state index >= 15 is 0 Å². The molecule has 8 heteroatoms.